The monoisotopic (exact) mass is 297 g/mol. The van der Waals surface area contributed by atoms with Crippen LogP contribution in [0, 0.1) is 10.1 Å². The second kappa shape index (κ2) is 4.56. The number of hydrogen-bond donors (Lipinski definition) is 0. The van der Waals surface area contributed by atoms with Crippen LogP contribution in [-0.2, 0) is 10.3 Å². The third-order valence-electron chi connectivity index (χ3n) is 3.29. The Bertz CT molecular complexity index is 457. The van der Waals surface area contributed by atoms with Gasteiger partial charge < -0.3 is 0 Å². The molecule has 1 aliphatic carbocycles. The lowest BCUT2D eigenvalue weighted by atomic mass is 9.76. The Labute approximate surface area is 107 Å². The number of carbonyl (C=O) groups is 1. The van der Waals surface area contributed by atoms with Crippen LogP contribution >= 0.6 is 15.9 Å². The van der Waals surface area contributed by atoms with E-state index in [1.54, 1.807) is 24.3 Å². The van der Waals surface area contributed by atoms with Crippen LogP contribution in [0.5, 0.6) is 0 Å². The van der Waals surface area contributed by atoms with Crippen molar-refractivity contribution in [1.82, 2.24) is 0 Å². The Morgan fingerprint density at radius 2 is 1.88 bits per heavy atom. The predicted molar refractivity (Wildman–Crippen MR) is 66.3 cm³/mol. The summed E-state index contributed by atoms with van der Waals surface area (Å²) >= 11 is 3.28. The van der Waals surface area contributed by atoms with Crippen LogP contribution in [-0.4, -0.2) is 10.7 Å². The topological polar surface area (TPSA) is 60.2 Å². The first-order valence-corrected chi connectivity index (χ1v) is 6.30. The molecule has 1 aliphatic rings. The number of halogens is 1. The van der Waals surface area contributed by atoms with Gasteiger partial charge in [-0.25, -0.2) is 0 Å². The van der Waals surface area contributed by atoms with Gasteiger partial charge in [0.1, 0.15) is 0 Å². The van der Waals surface area contributed by atoms with E-state index in [4.69, 9.17) is 0 Å². The number of benzene rings is 1. The highest BCUT2D eigenvalue weighted by Crippen LogP contribution is 2.37. The summed E-state index contributed by atoms with van der Waals surface area (Å²) in [5, 5.41) is 11.3. The summed E-state index contributed by atoms with van der Waals surface area (Å²) in [5.41, 5.74) is -1.02. The summed E-state index contributed by atoms with van der Waals surface area (Å²) in [6.45, 7) is 0. The fourth-order valence-corrected chi connectivity index (χ4v) is 2.61. The van der Waals surface area contributed by atoms with Crippen LogP contribution < -0.4 is 0 Å². The summed E-state index contributed by atoms with van der Waals surface area (Å²) in [6, 6.07) is 6.80. The van der Waals surface area contributed by atoms with Gasteiger partial charge in [0, 0.05) is 27.8 Å². The minimum absolute atomic E-state index is 0.268. The average molecular weight is 298 g/mol. The second-order valence-corrected chi connectivity index (χ2v) is 5.17. The van der Waals surface area contributed by atoms with Crippen LogP contribution in [0.2, 0.25) is 0 Å². The minimum Gasteiger partial charge on any atom is -0.291 e. The standard InChI is InChI=1S/C12H12BrNO3/c13-10-6-4-9(5-7-10)12(14(16)17)8-2-1-3-11(12)15/h4-7H,1-3,8H2/t12-/m1/s1. The largest absolute Gasteiger partial charge is 0.304 e. The molecule has 17 heavy (non-hydrogen) atoms. The molecule has 90 valence electrons. The highest BCUT2D eigenvalue weighted by molar-refractivity contribution is 9.10. The maximum Gasteiger partial charge on any atom is 0.304 e. The van der Waals surface area contributed by atoms with Gasteiger partial charge in [0.05, 0.1) is 0 Å². The van der Waals surface area contributed by atoms with E-state index in [0.717, 1.165) is 17.3 Å². The van der Waals surface area contributed by atoms with E-state index in [1.165, 1.54) is 0 Å². The van der Waals surface area contributed by atoms with Crippen molar-refractivity contribution in [2.45, 2.75) is 31.2 Å². The van der Waals surface area contributed by atoms with Crippen molar-refractivity contribution in [2.75, 3.05) is 0 Å². The van der Waals surface area contributed by atoms with Gasteiger partial charge in [-0.05, 0) is 25.0 Å². The van der Waals surface area contributed by atoms with Gasteiger partial charge in [0.2, 0.25) is 5.78 Å². The quantitative estimate of drug-likeness (QED) is 0.622. The fourth-order valence-electron chi connectivity index (χ4n) is 2.34. The van der Waals surface area contributed by atoms with Crippen molar-refractivity contribution in [3.63, 3.8) is 0 Å². The fraction of sp³-hybridized carbons (Fsp3) is 0.417. The van der Waals surface area contributed by atoms with Crippen LogP contribution in [0.3, 0.4) is 0 Å². The first-order chi connectivity index (χ1) is 8.07. The van der Waals surface area contributed by atoms with Crippen molar-refractivity contribution in [3.8, 4) is 0 Å². The normalized spacial score (nSPS) is 24.6. The minimum atomic E-state index is -1.51. The second-order valence-electron chi connectivity index (χ2n) is 4.25. The SMILES string of the molecule is O=C1CCCC[C@]1(c1ccc(Br)cc1)[N+](=O)[O-]. The molecule has 1 atom stereocenters. The summed E-state index contributed by atoms with van der Waals surface area (Å²) in [6.07, 6.45) is 2.09. The molecule has 0 unspecified atom stereocenters. The maximum atomic E-state index is 12.0. The molecule has 0 spiro atoms. The summed E-state index contributed by atoms with van der Waals surface area (Å²) in [4.78, 5) is 22.9. The number of Topliss-reactive ketones (excluding diaryl/α,β-unsaturated/α-hetero) is 1. The Hall–Kier alpha value is -1.23. The van der Waals surface area contributed by atoms with Crippen molar-refractivity contribution in [2.24, 2.45) is 0 Å². The molecular weight excluding hydrogens is 286 g/mol. The molecule has 0 N–H and O–H groups in total. The third kappa shape index (κ3) is 1.99. The Kier molecular flexibility index (Phi) is 3.28. The molecule has 0 radical (unpaired) electrons. The van der Waals surface area contributed by atoms with Crippen molar-refractivity contribution in [1.29, 1.82) is 0 Å². The molecule has 0 heterocycles. The number of nitro groups is 1. The molecule has 4 nitrogen and oxygen atoms in total. The maximum absolute atomic E-state index is 12.0. The van der Waals surface area contributed by atoms with E-state index in [1.807, 2.05) is 0 Å². The molecule has 1 aromatic rings. The van der Waals surface area contributed by atoms with E-state index in [2.05, 4.69) is 15.9 Å². The molecule has 1 aromatic carbocycles. The molecular formula is C12H12BrNO3. The van der Waals surface area contributed by atoms with Gasteiger partial charge in [0.15, 0.2) is 0 Å². The molecule has 5 heteroatoms. The highest BCUT2D eigenvalue weighted by Gasteiger charge is 2.52. The van der Waals surface area contributed by atoms with Crippen molar-refractivity contribution in [3.05, 3.63) is 44.4 Å². The van der Waals surface area contributed by atoms with Gasteiger partial charge in [-0.2, -0.15) is 0 Å². The molecule has 1 fully saturated rings. The molecule has 0 aromatic heterocycles. The zero-order valence-electron chi connectivity index (χ0n) is 9.19. The van der Waals surface area contributed by atoms with Crippen molar-refractivity contribution >= 4 is 21.7 Å². The van der Waals surface area contributed by atoms with Gasteiger partial charge in [0.25, 0.3) is 0 Å². The van der Waals surface area contributed by atoms with E-state index in [-0.39, 0.29) is 5.78 Å². The molecule has 2 rings (SSSR count). The Balaban J connectivity index is 2.50. The van der Waals surface area contributed by atoms with E-state index in [9.17, 15) is 14.9 Å². The molecule has 0 bridgehead atoms. The number of ketones is 1. The molecule has 0 aliphatic heterocycles. The lowest BCUT2D eigenvalue weighted by Gasteiger charge is -2.27. The van der Waals surface area contributed by atoms with Crippen molar-refractivity contribution < 1.29 is 9.72 Å². The van der Waals surface area contributed by atoms with Crippen LogP contribution in [0.15, 0.2) is 28.7 Å². The van der Waals surface area contributed by atoms with E-state index >= 15 is 0 Å². The number of hydrogen-bond acceptors (Lipinski definition) is 3. The number of nitrogens with zero attached hydrogens (tertiary/aromatic N) is 1. The first kappa shape index (κ1) is 12.2. The number of carbonyl (C=O) groups excluding carboxylic acids is 1. The van der Waals surface area contributed by atoms with Gasteiger partial charge >= 0.3 is 5.54 Å². The molecule has 0 saturated heterocycles. The van der Waals surface area contributed by atoms with Crippen LogP contribution in [0.25, 0.3) is 0 Å². The number of rotatable bonds is 2. The lowest BCUT2D eigenvalue weighted by Crippen LogP contribution is -2.45. The summed E-state index contributed by atoms with van der Waals surface area (Å²) < 4.78 is 0.850. The van der Waals surface area contributed by atoms with Gasteiger partial charge in [-0.15, -0.1) is 0 Å². The zero-order valence-corrected chi connectivity index (χ0v) is 10.8. The Morgan fingerprint density at radius 1 is 1.24 bits per heavy atom. The predicted octanol–water partition coefficient (Wildman–Crippen LogP) is 3.06. The lowest BCUT2D eigenvalue weighted by molar-refractivity contribution is -0.563. The molecule has 0 amide bonds. The smallest absolute Gasteiger partial charge is 0.291 e. The average Bonchev–Trinajstić information content (AvgIpc) is 2.31. The highest BCUT2D eigenvalue weighted by atomic mass is 79.9. The van der Waals surface area contributed by atoms with E-state index in [0.29, 0.717) is 18.4 Å². The third-order valence-corrected chi connectivity index (χ3v) is 3.82. The van der Waals surface area contributed by atoms with Gasteiger partial charge in [-0.3, -0.25) is 14.9 Å². The summed E-state index contributed by atoms with van der Waals surface area (Å²) in [7, 11) is 0. The molecule has 1 saturated carbocycles. The van der Waals surface area contributed by atoms with Crippen LogP contribution in [0.1, 0.15) is 31.2 Å². The Morgan fingerprint density at radius 3 is 2.41 bits per heavy atom. The zero-order chi connectivity index (χ0) is 12.5. The first-order valence-electron chi connectivity index (χ1n) is 5.51. The van der Waals surface area contributed by atoms with Gasteiger partial charge in [-0.1, -0.05) is 28.1 Å². The van der Waals surface area contributed by atoms with Crippen LogP contribution in [0.4, 0.5) is 0 Å². The van der Waals surface area contributed by atoms with E-state index < -0.39 is 10.5 Å². The summed E-state index contributed by atoms with van der Waals surface area (Å²) in [5.74, 6) is -0.268.